The van der Waals surface area contributed by atoms with E-state index < -0.39 is 0 Å². The molecule has 2 unspecified atom stereocenters. The van der Waals surface area contributed by atoms with Crippen molar-refractivity contribution in [2.75, 3.05) is 32.8 Å². The van der Waals surface area contributed by atoms with E-state index in [9.17, 15) is 4.79 Å². The number of ether oxygens (including phenoxy) is 1. The summed E-state index contributed by atoms with van der Waals surface area (Å²) in [5.41, 5.74) is 0. The van der Waals surface area contributed by atoms with Crippen molar-refractivity contribution in [3.8, 4) is 0 Å². The lowest BCUT2D eigenvalue weighted by Crippen LogP contribution is -2.63. The molecule has 4 aliphatic rings. The lowest BCUT2D eigenvalue weighted by atomic mass is 9.67. The van der Waals surface area contributed by atoms with E-state index in [4.69, 9.17) is 4.74 Å². The summed E-state index contributed by atoms with van der Waals surface area (Å²) in [6.07, 6.45) is 1.70. The number of carbonyl (C=O) groups is 1. The second kappa shape index (κ2) is 4.00. The van der Waals surface area contributed by atoms with E-state index in [1.54, 1.807) is 0 Å². The van der Waals surface area contributed by atoms with E-state index in [2.05, 4.69) is 17.1 Å². The van der Waals surface area contributed by atoms with Crippen molar-refractivity contribution in [1.82, 2.24) is 10.2 Å². The Bertz CT molecular complexity index is 279. The van der Waals surface area contributed by atoms with E-state index in [-0.39, 0.29) is 5.92 Å². The number of nitrogens with zero attached hydrogens (tertiary/aromatic N) is 1. The molecule has 4 heteroatoms. The highest BCUT2D eigenvalue weighted by Gasteiger charge is 2.49. The standard InChI is InChI=1S/C12H20N2O2/c1-2-16-11-8-3-9(11)7-14(6-8)12(15)10-4-13-5-10/h8-11,13H,2-7H2,1H3. The van der Waals surface area contributed by atoms with Gasteiger partial charge in [-0.15, -0.1) is 0 Å². The van der Waals surface area contributed by atoms with Crippen LogP contribution in [0, 0.1) is 17.8 Å². The molecule has 4 fully saturated rings. The molecule has 16 heavy (non-hydrogen) atoms. The van der Waals surface area contributed by atoms with E-state index in [1.165, 1.54) is 6.42 Å². The van der Waals surface area contributed by atoms with Crippen LogP contribution in [0.15, 0.2) is 0 Å². The number of carbonyl (C=O) groups excluding carboxylic acids is 1. The molecule has 4 nitrogen and oxygen atoms in total. The first-order valence-electron chi connectivity index (χ1n) is 6.40. The van der Waals surface area contributed by atoms with Gasteiger partial charge in [-0.25, -0.2) is 0 Å². The Hall–Kier alpha value is -0.610. The molecule has 3 saturated heterocycles. The summed E-state index contributed by atoms with van der Waals surface area (Å²) in [4.78, 5) is 14.1. The van der Waals surface area contributed by atoms with Gasteiger partial charge in [0.15, 0.2) is 0 Å². The third-order valence-corrected chi connectivity index (χ3v) is 4.25. The first-order chi connectivity index (χ1) is 7.79. The van der Waals surface area contributed by atoms with Crippen LogP contribution in [0.5, 0.6) is 0 Å². The molecule has 0 aromatic rings. The van der Waals surface area contributed by atoms with Crippen molar-refractivity contribution in [2.45, 2.75) is 19.4 Å². The lowest BCUT2D eigenvalue weighted by Gasteiger charge is -2.53. The van der Waals surface area contributed by atoms with Gasteiger partial charge in [0, 0.05) is 44.6 Å². The van der Waals surface area contributed by atoms with Gasteiger partial charge in [0.25, 0.3) is 0 Å². The Kier molecular flexibility index (Phi) is 2.64. The zero-order chi connectivity index (χ0) is 11.1. The predicted molar refractivity (Wildman–Crippen MR) is 60.0 cm³/mol. The molecule has 0 aromatic carbocycles. The number of rotatable bonds is 3. The highest BCUT2D eigenvalue weighted by Crippen LogP contribution is 2.42. The van der Waals surface area contributed by atoms with Crippen LogP contribution in [-0.4, -0.2) is 49.7 Å². The normalized spacial score (nSPS) is 37.8. The Morgan fingerprint density at radius 2 is 2.06 bits per heavy atom. The minimum Gasteiger partial charge on any atom is -0.378 e. The van der Waals surface area contributed by atoms with Gasteiger partial charge in [-0.1, -0.05) is 0 Å². The first kappa shape index (κ1) is 10.5. The van der Waals surface area contributed by atoms with Gasteiger partial charge < -0.3 is 15.0 Å². The van der Waals surface area contributed by atoms with Gasteiger partial charge in [-0.05, 0) is 13.3 Å². The van der Waals surface area contributed by atoms with Crippen molar-refractivity contribution >= 4 is 5.91 Å². The minimum absolute atomic E-state index is 0.253. The van der Waals surface area contributed by atoms with E-state index in [0.29, 0.717) is 23.8 Å². The number of fused-ring (bicyclic) bond motifs is 2. The SMILES string of the molecule is CCOC1C2CC1CN(C(=O)C1CNC1)C2. The summed E-state index contributed by atoms with van der Waals surface area (Å²) in [6.45, 7) is 6.46. The van der Waals surface area contributed by atoms with Crippen LogP contribution < -0.4 is 5.32 Å². The predicted octanol–water partition coefficient (Wildman–Crippen LogP) is 0.0892. The fourth-order valence-corrected chi connectivity index (χ4v) is 3.21. The summed E-state index contributed by atoms with van der Waals surface area (Å²) in [7, 11) is 0. The summed E-state index contributed by atoms with van der Waals surface area (Å²) >= 11 is 0. The largest absolute Gasteiger partial charge is 0.378 e. The van der Waals surface area contributed by atoms with E-state index >= 15 is 0 Å². The summed E-state index contributed by atoms with van der Waals surface area (Å²) in [5.74, 6) is 1.83. The van der Waals surface area contributed by atoms with Crippen LogP contribution in [0.2, 0.25) is 0 Å². The quantitative estimate of drug-likeness (QED) is 0.738. The number of piperidine rings is 2. The van der Waals surface area contributed by atoms with Gasteiger partial charge >= 0.3 is 0 Å². The van der Waals surface area contributed by atoms with Gasteiger partial charge in [-0.3, -0.25) is 4.79 Å². The van der Waals surface area contributed by atoms with Crippen molar-refractivity contribution in [1.29, 1.82) is 0 Å². The molecule has 1 amide bonds. The molecule has 2 atom stereocenters. The second-order valence-electron chi connectivity index (χ2n) is 5.27. The number of amides is 1. The van der Waals surface area contributed by atoms with Crippen molar-refractivity contribution in [2.24, 2.45) is 17.8 Å². The number of nitrogens with one attached hydrogen (secondary N) is 1. The fourth-order valence-electron chi connectivity index (χ4n) is 3.21. The second-order valence-corrected chi connectivity index (χ2v) is 5.27. The van der Waals surface area contributed by atoms with Crippen LogP contribution in [-0.2, 0) is 9.53 Å². The van der Waals surface area contributed by atoms with Crippen molar-refractivity contribution < 1.29 is 9.53 Å². The van der Waals surface area contributed by atoms with Crippen LogP contribution >= 0.6 is 0 Å². The Morgan fingerprint density at radius 1 is 1.38 bits per heavy atom. The van der Waals surface area contributed by atoms with Gasteiger partial charge in [0.2, 0.25) is 5.91 Å². The molecule has 0 aromatic heterocycles. The van der Waals surface area contributed by atoms with Crippen LogP contribution in [0.3, 0.4) is 0 Å². The summed E-state index contributed by atoms with van der Waals surface area (Å²) in [6, 6.07) is 0. The monoisotopic (exact) mass is 224 g/mol. The Morgan fingerprint density at radius 3 is 2.56 bits per heavy atom. The fraction of sp³-hybridized carbons (Fsp3) is 0.917. The van der Waals surface area contributed by atoms with Crippen LogP contribution in [0.4, 0.5) is 0 Å². The van der Waals surface area contributed by atoms with Crippen LogP contribution in [0.25, 0.3) is 0 Å². The molecular formula is C12H20N2O2. The van der Waals surface area contributed by atoms with Crippen molar-refractivity contribution in [3.05, 3.63) is 0 Å². The highest BCUT2D eigenvalue weighted by molar-refractivity contribution is 5.80. The van der Waals surface area contributed by atoms with Gasteiger partial charge in [0.1, 0.15) is 0 Å². The average Bonchev–Trinajstić information content (AvgIpc) is 2.23. The zero-order valence-corrected chi connectivity index (χ0v) is 9.82. The van der Waals surface area contributed by atoms with Gasteiger partial charge in [0.05, 0.1) is 12.0 Å². The minimum atomic E-state index is 0.253. The molecule has 1 saturated carbocycles. The molecule has 1 N–H and O–H groups in total. The third-order valence-electron chi connectivity index (χ3n) is 4.25. The Labute approximate surface area is 96.3 Å². The number of hydrogen-bond donors (Lipinski definition) is 1. The molecule has 0 radical (unpaired) electrons. The highest BCUT2D eigenvalue weighted by atomic mass is 16.5. The zero-order valence-electron chi connectivity index (χ0n) is 9.82. The first-order valence-corrected chi connectivity index (χ1v) is 6.40. The maximum Gasteiger partial charge on any atom is 0.228 e. The molecule has 3 aliphatic heterocycles. The molecule has 90 valence electrons. The van der Waals surface area contributed by atoms with E-state index in [1.807, 2.05) is 0 Å². The lowest BCUT2D eigenvalue weighted by molar-refractivity contribution is -0.165. The van der Waals surface area contributed by atoms with Gasteiger partial charge in [-0.2, -0.15) is 0 Å². The molecule has 3 heterocycles. The summed E-state index contributed by atoms with van der Waals surface area (Å²) in [5, 5.41) is 3.16. The molecule has 4 rings (SSSR count). The molecule has 0 spiro atoms. The molecule has 2 bridgehead atoms. The average molecular weight is 224 g/mol. The smallest absolute Gasteiger partial charge is 0.228 e. The maximum absolute atomic E-state index is 12.1. The Balaban J connectivity index is 1.56. The molecular weight excluding hydrogens is 204 g/mol. The molecule has 1 aliphatic carbocycles. The van der Waals surface area contributed by atoms with Crippen molar-refractivity contribution in [3.63, 3.8) is 0 Å². The topological polar surface area (TPSA) is 41.6 Å². The van der Waals surface area contributed by atoms with Crippen LogP contribution in [0.1, 0.15) is 13.3 Å². The third kappa shape index (κ3) is 1.55. The maximum atomic E-state index is 12.1. The summed E-state index contributed by atoms with van der Waals surface area (Å²) < 4.78 is 5.72. The van der Waals surface area contributed by atoms with E-state index in [0.717, 1.165) is 32.8 Å². The number of hydrogen-bond acceptors (Lipinski definition) is 3.